The van der Waals surface area contributed by atoms with Crippen molar-refractivity contribution in [2.45, 2.75) is 12.3 Å². The summed E-state index contributed by atoms with van der Waals surface area (Å²) in [6, 6.07) is 11.3. The molecule has 1 unspecified atom stereocenters. The molecule has 1 fully saturated rings. The Hall–Kier alpha value is -2.89. The molecule has 0 aliphatic carbocycles. The van der Waals surface area contributed by atoms with Crippen LogP contribution in [0.5, 0.6) is 23.0 Å². The molecule has 1 atom stereocenters. The number of rotatable bonds is 4. The highest BCUT2D eigenvalue weighted by Gasteiger charge is 2.29. The maximum absolute atomic E-state index is 12.9. The molecule has 2 heterocycles. The molecule has 2 aliphatic heterocycles. The molecule has 4 rings (SSSR count). The van der Waals surface area contributed by atoms with Crippen LogP contribution in [-0.4, -0.2) is 44.9 Å². The number of likely N-dealkylation sites (tertiary alicyclic amines) is 1. The summed E-state index contributed by atoms with van der Waals surface area (Å²) in [4.78, 5) is 14.8. The van der Waals surface area contributed by atoms with E-state index in [0.717, 1.165) is 24.5 Å². The lowest BCUT2D eigenvalue weighted by atomic mass is 9.98. The van der Waals surface area contributed by atoms with E-state index in [-0.39, 0.29) is 12.7 Å². The van der Waals surface area contributed by atoms with Crippen molar-refractivity contribution in [2.24, 2.45) is 0 Å². The number of carbonyl (C=O) groups is 1. The van der Waals surface area contributed by atoms with E-state index in [2.05, 4.69) is 6.07 Å². The van der Waals surface area contributed by atoms with E-state index in [1.165, 1.54) is 5.56 Å². The molecule has 2 aromatic rings. The molecule has 2 aromatic carbocycles. The lowest BCUT2D eigenvalue weighted by Crippen LogP contribution is -2.28. The normalized spacial score (nSPS) is 18.1. The van der Waals surface area contributed by atoms with Crippen molar-refractivity contribution < 1.29 is 23.7 Å². The summed E-state index contributed by atoms with van der Waals surface area (Å²) in [7, 11) is 3.16. The van der Waals surface area contributed by atoms with Gasteiger partial charge in [-0.05, 0) is 36.2 Å². The van der Waals surface area contributed by atoms with Crippen LogP contribution in [0.15, 0.2) is 36.4 Å². The Bertz CT molecular complexity index is 813. The van der Waals surface area contributed by atoms with E-state index in [1.807, 2.05) is 17.0 Å². The number of nitrogens with zero attached hydrogens (tertiary/aromatic N) is 1. The molecular formula is C20H21NO5. The zero-order valence-electron chi connectivity index (χ0n) is 14.9. The van der Waals surface area contributed by atoms with Gasteiger partial charge in [-0.1, -0.05) is 6.07 Å². The Labute approximate surface area is 152 Å². The Morgan fingerprint density at radius 1 is 1.04 bits per heavy atom. The molecule has 6 nitrogen and oxygen atoms in total. The summed E-state index contributed by atoms with van der Waals surface area (Å²) in [5, 5.41) is 0. The first kappa shape index (κ1) is 16.6. The van der Waals surface area contributed by atoms with E-state index in [1.54, 1.807) is 32.4 Å². The molecule has 1 amide bonds. The molecule has 26 heavy (non-hydrogen) atoms. The molecule has 0 aromatic heterocycles. The molecule has 136 valence electrons. The lowest BCUT2D eigenvalue weighted by Gasteiger charge is -2.18. The minimum atomic E-state index is -0.00885. The monoisotopic (exact) mass is 355 g/mol. The van der Waals surface area contributed by atoms with Gasteiger partial charge < -0.3 is 23.8 Å². The first-order valence-electron chi connectivity index (χ1n) is 8.60. The van der Waals surface area contributed by atoms with Crippen LogP contribution in [0.25, 0.3) is 0 Å². The van der Waals surface area contributed by atoms with Crippen LogP contribution >= 0.6 is 0 Å². The van der Waals surface area contributed by atoms with Gasteiger partial charge in [0.2, 0.25) is 6.79 Å². The molecule has 1 saturated heterocycles. The van der Waals surface area contributed by atoms with Gasteiger partial charge in [-0.2, -0.15) is 0 Å². The van der Waals surface area contributed by atoms with Crippen molar-refractivity contribution in [3.05, 3.63) is 47.5 Å². The third kappa shape index (κ3) is 3.03. The largest absolute Gasteiger partial charge is 0.497 e. The van der Waals surface area contributed by atoms with E-state index in [9.17, 15) is 4.79 Å². The molecule has 0 N–H and O–H groups in total. The van der Waals surface area contributed by atoms with Crippen LogP contribution in [0.3, 0.4) is 0 Å². The second-order valence-electron chi connectivity index (χ2n) is 6.45. The average molecular weight is 355 g/mol. The first-order valence-corrected chi connectivity index (χ1v) is 8.60. The summed E-state index contributed by atoms with van der Waals surface area (Å²) in [6.45, 7) is 1.67. The van der Waals surface area contributed by atoms with Crippen molar-refractivity contribution in [2.75, 3.05) is 34.1 Å². The molecule has 0 saturated carbocycles. The summed E-state index contributed by atoms with van der Waals surface area (Å²) in [5.74, 6) is 3.07. The standard InChI is InChI=1S/C20H21NO5/c1-23-16-7-15(8-17(10-16)24-2)20(22)21-6-5-14(11-21)13-3-4-18-19(9-13)26-12-25-18/h3-4,7-10,14H,5-6,11-12H2,1-2H3. The highest BCUT2D eigenvalue weighted by molar-refractivity contribution is 5.95. The minimum absolute atomic E-state index is 0.00885. The average Bonchev–Trinajstić information content (AvgIpc) is 3.35. The molecule has 2 aliphatic rings. The van der Waals surface area contributed by atoms with E-state index < -0.39 is 0 Å². The van der Waals surface area contributed by atoms with Gasteiger partial charge in [0.1, 0.15) is 11.5 Å². The van der Waals surface area contributed by atoms with E-state index in [4.69, 9.17) is 18.9 Å². The maximum atomic E-state index is 12.9. The van der Waals surface area contributed by atoms with Crippen molar-refractivity contribution in [3.8, 4) is 23.0 Å². The van der Waals surface area contributed by atoms with Crippen molar-refractivity contribution >= 4 is 5.91 Å². The van der Waals surface area contributed by atoms with Gasteiger partial charge >= 0.3 is 0 Å². The molecule has 0 bridgehead atoms. The number of benzene rings is 2. The van der Waals surface area contributed by atoms with E-state index >= 15 is 0 Å². The Morgan fingerprint density at radius 2 is 1.77 bits per heavy atom. The van der Waals surface area contributed by atoms with Crippen LogP contribution < -0.4 is 18.9 Å². The quantitative estimate of drug-likeness (QED) is 0.844. The fourth-order valence-electron chi connectivity index (χ4n) is 3.50. The predicted octanol–water partition coefficient (Wildman–Crippen LogP) is 3.06. The number of hydrogen-bond donors (Lipinski definition) is 0. The number of carbonyl (C=O) groups excluding carboxylic acids is 1. The van der Waals surface area contributed by atoms with Gasteiger partial charge in [0.15, 0.2) is 11.5 Å². The lowest BCUT2D eigenvalue weighted by molar-refractivity contribution is 0.0790. The van der Waals surface area contributed by atoms with Gasteiger partial charge in [-0.3, -0.25) is 4.79 Å². The number of methoxy groups -OCH3 is 2. The Morgan fingerprint density at radius 3 is 2.50 bits per heavy atom. The van der Waals surface area contributed by atoms with Crippen LogP contribution in [0.4, 0.5) is 0 Å². The third-order valence-electron chi connectivity index (χ3n) is 4.94. The predicted molar refractivity (Wildman–Crippen MR) is 95.4 cm³/mol. The summed E-state index contributed by atoms with van der Waals surface area (Å²) >= 11 is 0. The van der Waals surface area contributed by atoms with Gasteiger partial charge in [0, 0.05) is 30.6 Å². The van der Waals surface area contributed by atoms with Crippen molar-refractivity contribution in [1.82, 2.24) is 4.90 Å². The second kappa shape index (κ2) is 6.78. The highest BCUT2D eigenvalue weighted by Crippen LogP contribution is 2.37. The minimum Gasteiger partial charge on any atom is -0.497 e. The summed E-state index contributed by atoms with van der Waals surface area (Å²) < 4.78 is 21.4. The van der Waals surface area contributed by atoms with Crippen LogP contribution in [0, 0.1) is 0 Å². The van der Waals surface area contributed by atoms with Gasteiger partial charge in [-0.25, -0.2) is 0 Å². The smallest absolute Gasteiger partial charge is 0.254 e. The van der Waals surface area contributed by atoms with Gasteiger partial charge in [0.25, 0.3) is 5.91 Å². The summed E-state index contributed by atoms with van der Waals surface area (Å²) in [5.41, 5.74) is 1.75. The third-order valence-corrected chi connectivity index (χ3v) is 4.94. The van der Waals surface area contributed by atoms with Crippen LogP contribution in [0.2, 0.25) is 0 Å². The highest BCUT2D eigenvalue weighted by atomic mass is 16.7. The van der Waals surface area contributed by atoms with Crippen molar-refractivity contribution in [1.29, 1.82) is 0 Å². The molecular weight excluding hydrogens is 334 g/mol. The van der Waals surface area contributed by atoms with Crippen LogP contribution in [-0.2, 0) is 0 Å². The first-order chi connectivity index (χ1) is 12.7. The van der Waals surface area contributed by atoms with E-state index in [0.29, 0.717) is 29.5 Å². The zero-order chi connectivity index (χ0) is 18.1. The van der Waals surface area contributed by atoms with Crippen molar-refractivity contribution in [3.63, 3.8) is 0 Å². The zero-order valence-corrected chi connectivity index (χ0v) is 14.9. The SMILES string of the molecule is COc1cc(OC)cc(C(=O)N2CCC(c3ccc4c(c3)OCO4)C2)c1. The van der Waals surface area contributed by atoms with Crippen LogP contribution in [0.1, 0.15) is 28.3 Å². The second-order valence-corrected chi connectivity index (χ2v) is 6.45. The maximum Gasteiger partial charge on any atom is 0.254 e. The number of fused-ring (bicyclic) bond motifs is 1. The fraction of sp³-hybridized carbons (Fsp3) is 0.350. The Kier molecular flexibility index (Phi) is 4.32. The Balaban J connectivity index is 1.51. The number of hydrogen-bond acceptors (Lipinski definition) is 5. The fourth-order valence-corrected chi connectivity index (χ4v) is 3.50. The molecule has 0 radical (unpaired) electrons. The molecule has 0 spiro atoms. The van der Waals surface area contributed by atoms with Gasteiger partial charge in [-0.15, -0.1) is 0 Å². The topological polar surface area (TPSA) is 57.2 Å². The summed E-state index contributed by atoms with van der Waals surface area (Å²) in [6.07, 6.45) is 0.923. The number of ether oxygens (including phenoxy) is 4. The number of amides is 1. The molecule has 6 heteroatoms. The van der Waals surface area contributed by atoms with Gasteiger partial charge in [0.05, 0.1) is 14.2 Å².